The fourth-order valence-corrected chi connectivity index (χ4v) is 5.71. The summed E-state index contributed by atoms with van der Waals surface area (Å²) in [6.45, 7) is 3.90. The topological polar surface area (TPSA) is 128 Å². The van der Waals surface area contributed by atoms with Gasteiger partial charge in [-0.3, -0.25) is 13.7 Å². The second-order valence-corrected chi connectivity index (χ2v) is 11.8. The Morgan fingerprint density at radius 2 is 1.86 bits per heavy atom. The van der Waals surface area contributed by atoms with Gasteiger partial charge in [-0.1, -0.05) is 6.07 Å². The minimum atomic E-state index is -3.61. The van der Waals surface area contributed by atoms with Gasteiger partial charge in [-0.25, -0.2) is 8.42 Å². The Balaban J connectivity index is 1.58. The highest BCUT2D eigenvalue weighted by molar-refractivity contribution is 7.92. The van der Waals surface area contributed by atoms with Crippen LogP contribution in [0.4, 0.5) is 17.1 Å². The van der Waals surface area contributed by atoms with Crippen molar-refractivity contribution in [2.45, 2.75) is 37.5 Å². The van der Waals surface area contributed by atoms with Gasteiger partial charge in [0.1, 0.15) is 0 Å². The van der Waals surface area contributed by atoms with Gasteiger partial charge in [0, 0.05) is 30.3 Å². The molecule has 2 aromatic rings. The molecule has 11 heteroatoms. The van der Waals surface area contributed by atoms with Crippen LogP contribution in [0.5, 0.6) is 0 Å². The number of amides is 1. The summed E-state index contributed by atoms with van der Waals surface area (Å²) in [6.07, 6.45) is 4.56. The molecule has 2 fully saturated rings. The molecule has 0 aromatic heterocycles. The Morgan fingerprint density at radius 3 is 2.51 bits per heavy atom. The number of hydrogen-bond acceptors (Lipinski definition) is 7. The van der Waals surface area contributed by atoms with Crippen molar-refractivity contribution in [1.29, 1.82) is 0 Å². The lowest BCUT2D eigenvalue weighted by molar-refractivity contribution is 0.102. The molecule has 0 radical (unpaired) electrons. The van der Waals surface area contributed by atoms with E-state index < -0.39 is 27.0 Å². The van der Waals surface area contributed by atoms with Crippen molar-refractivity contribution < 1.29 is 26.7 Å². The van der Waals surface area contributed by atoms with E-state index in [4.69, 9.17) is 4.74 Å². The predicted molar refractivity (Wildman–Crippen MR) is 135 cm³/mol. The lowest BCUT2D eigenvalue weighted by Gasteiger charge is -2.35. The van der Waals surface area contributed by atoms with Crippen molar-refractivity contribution in [3.05, 3.63) is 48.0 Å². The van der Waals surface area contributed by atoms with Gasteiger partial charge in [-0.2, -0.15) is 0 Å². The summed E-state index contributed by atoms with van der Waals surface area (Å²) in [6, 6.07) is 10.9. The molecule has 1 saturated heterocycles. The van der Waals surface area contributed by atoms with E-state index in [2.05, 4.69) is 14.9 Å². The summed E-state index contributed by atoms with van der Waals surface area (Å²) in [5, 5.41) is 2.77. The number of ether oxygens (including phenoxy) is 1. The molecule has 35 heavy (non-hydrogen) atoms. The summed E-state index contributed by atoms with van der Waals surface area (Å²) in [5.41, 5.74) is 2.21. The molecule has 2 N–H and O–H groups in total. The lowest BCUT2D eigenvalue weighted by Crippen LogP contribution is -2.35. The third-order valence-electron chi connectivity index (χ3n) is 6.62. The number of rotatable bonds is 10. The highest BCUT2D eigenvalue weighted by Crippen LogP contribution is 2.54. The quantitative estimate of drug-likeness (QED) is 0.363. The molecule has 1 atom stereocenters. The maximum absolute atomic E-state index is 13.2. The van der Waals surface area contributed by atoms with E-state index in [9.17, 15) is 22.0 Å². The predicted octanol–water partition coefficient (Wildman–Crippen LogP) is 3.34. The Kier molecular flexibility index (Phi) is 7.80. The van der Waals surface area contributed by atoms with E-state index in [1.54, 1.807) is 37.3 Å². The first-order valence-corrected chi connectivity index (χ1v) is 14.4. The second-order valence-electron chi connectivity index (χ2n) is 9.05. The molecular weight excluding hydrogens is 490 g/mol. The van der Waals surface area contributed by atoms with Crippen molar-refractivity contribution in [3.8, 4) is 0 Å². The van der Waals surface area contributed by atoms with E-state index >= 15 is 0 Å². The minimum Gasteiger partial charge on any atom is -0.768 e. The standard InChI is InChI=1S/C24H31N3O6S2/c1-2-33-14-15-35(31,32)26-19-6-7-21(22(17-19)27-12-10-24(8-9-24)11-13-27)23(28)25-18-4-3-5-20(16-18)34(29)30/h3-7,16-17,26H,2,8-15H2,1H3,(H,25,28)(H,29,30)/p-1. The number of carbonyl (C=O) groups excluding carboxylic acids is 1. The van der Waals surface area contributed by atoms with Gasteiger partial charge < -0.3 is 19.5 Å². The Labute approximate surface area is 208 Å². The van der Waals surface area contributed by atoms with E-state index in [0.29, 0.717) is 34.6 Å². The average molecular weight is 521 g/mol. The molecule has 9 nitrogen and oxygen atoms in total. The molecule has 1 spiro atoms. The first kappa shape index (κ1) is 25.6. The monoisotopic (exact) mass is 520 g/mol. The van der Waals surface area contributed by atoms with E-state index in [1.165, 1.54) is 25.0 Å². The Bertz CT molecular complexity index is 1200. The van der Waals surface area contributed by atoms with Crippen LogP contribution in [-0.4, -0.2) is 55.1 Å². The summed E-state index contributed by atoms with van der Waals surface area (Å²) in [5.74, 6) is -0.562. The fourth-order valence-electron chi connectivity index (χ4n) is 4.37. The van der Waals surface area contributed by atoms with Crippen LogP contribution >= 0.6 is 0 Å². The van der Waals surface area contributed by atoms with Crippen LogP contribution < -0.4 is 14.9 Å². The van der Waals surface area contributed by atoms with Crippen LogP contribution in [0, 0.1) is 5.41 Å². The first-order chi connectivity index (χ1) is 16.7. The number of nitrogens with one attached hydrogen (secondary N) is 2. The fraction of sp³-hybridized carbons (Fsp3) is 0.458. The van der Waals surface area contributed by atoms with Crippen LogP contribution in [0.1, 0.15) is 43.0 Å². The zero-order valence-corrected chi connectivity index (χ0v) is 21.3. The van der Waals surface area contributed by atoms with E-state index in [-0.39, 0.29) is 17.3 Å². The molecule has 2 aliphatic rings. The van der Waals surface area contributed by atoms with Gasteiger partial charge >= 0.3 is 0 Å². The average Bonchev–Trinajstić information content (AvgIpc) is 3.58. The molecular formula is C24H30N3O6S2-. The van der Waals surface area contributed by atoms with Crippen LogP contribution in [-0.2, 0) is 25.8 Å². The zero-order chi connectivity index (χ0) is 25.1. The number of carbonyl (C=O) groups is 1. The molecule has 4 rings (SSSR count). The van der Waals surface area contributed by atoms with Crippen molar-refractivity contribution in [3.63, 3.8) is 0 Å². The number of benzene rings is 2. The van der Waals surface area contributed by atoms with E-state index in [1.807, 2.05) is 0 Å². The van der Waals surface area contributed by atoms with Gasteiger partial charge in [0.15, 0.2) is 0 Å². The SMILES string of the molecule is CCOCCS(=O)(=O)Nc1ccc(C(=O)Nc2cccc(S(=O)[O-])c2)c(N2CCC3(CC2)CC3)c1. The maximum Gasteiger partial charge on any atom is 0.257 e. The van der Waals surface area contributed by atoms with Gasteiger partial charge in [0.05, 0.1) is 29.3 Å². The molecule has 1 unspecified atom stereocenters. The van der Waals surface area contributed by atoms with E-state index in [0.717, 1.165) is 25.9 Å². The molecule has 0 bridgehead atoms. The Hall–Kier alpha value is -2.47. The van der Waals surface area contributed by atoms with Crippen molar-refractivity contribution in [1.82, 2.24) is 0 Å². The van der Waals surface area contributed by atoms with Crippen LogP contribution in [0.2, 0.25) is 0 Å². The van der Waals surface area contributed by atoms with Crippen LogP contribution in [0.15, 0.2) is 47.4 Å². The third kappa shape index (κ3) is 6.60. The highest BCUT2D eigenvalue weighted by atomic mass is 32.2. The van der Waals surface area contributed by atoms with Crippen LogP contribution in [0.3, 0.4) is 0 Å². The number of nitrogens with zero attached hydrogens (tertiary/aromatic N) is 1. The molecule has 2 aromatic carbocycles. The van der Waals surface area contributed by atoms with Gasteiger partial charge in [-0.05, 0) is 85.5 Å². The summed E-state index contributed by atoms with van der Waals surface area (Å²) < 4.78 is 55.2. The van der Waals surface area contributed by atoms with Crippen molar-refractivity contribution in [2.75, 3.05) is 47.0 Å². The summed E-state index contributed by atoms with van der Waals surface area (Å²) in [4.78, 5) is 15.4. The maximum atomic E-state index is 13.2. The Morgan fingerprint density at radius 1 is 1.11 bits per heavy atom. The normalized spacial score (nSPS) is 17.7. The lowest BCUT2D eigenvalue weighted by atomic mass is 9.93. The first-order valence-electron chi connectivity index (χ1n) is 11.7. The number of hydrogen-bond donors (Lipinski definition) is 2. The largest absolute Gasteiger partial charge is 0.768 e. The van der Waals surface area contributed by atoms with Gasteiger partial charge in [-0.15, -0.1) is 0 Å². The molecule has 1 heterocycles. The molecule has 1 amide bonds. The highest BCUT2D eigenvalue weighted by Gasteiger charge is 2.44. The van der Waals surface area contributed by atoms with Crippen molar-refractivity contribution in [2.24, 2.45) is 5.41 Å². The summed E-state index contributed by atoms with van der Waals surface area (Å²) in [7, 11) is -3.61. The third-order valence-corrected chi connectivity index (χ3v) is 8.51. The smallest absolute Gasteiger partial charge is 0.257 e. The van der Waals surface area contributed by atoms with Crippen LogP contribution in [0.25, 0.3) is 0 Å². The molecule has 190 valence electrons. The number of sulfonamides is 1. The van der Waals surface area contributed by atoms with Gasteiger partial charge in [0.25, 0.3) is 5.91 Å². The van der Waals surface area contributed by atoms with Gasteiger partial charge in [0.2, 0.25) is 10.0 Å². The minimum absolute atomic E-state index is 0.0746. The zero-order valence-electron chi connectivity index (χ0n) is 19.6. The number of piperidine rings is 1. The molecule has 1 saturated carbocycles. The van der Waals surface area contributed by atoms with Crippen molar-refractivity contribution >= 4 is 44.1 Å². The number of anilines is 3. The second kappa shape index (κ2) is 10.7. The summed E-state index contributed by atoms with van der Waals surface area (Å²) >= 11 is -2.41. The molecule has 1 aliphatic carbocycles. The molecule has 1 aliphatic heterocycles.